The molecule has 1 N–H and O–H groups in total. The van der Waals surface area contributed by atoms with E-state index in [1.54, 1.807) is 0 Å². The zero-order chi connectivity index (χ0) is 13.1. The zero-order valence-electron chi connectivity index (χ0n) is 11.0. The highest BCUT2D eigenvalue weighted by Crippen LogP contribution is 2.28. The van der Waals surface area contributed by atoms with Crippen molar-refractivity contribution in [1.29, 1.82) is 0 Å². The van der Waals surface area contributed by atoms with Gasteiger partial charge in [0.15, 0.2) is 0 Å². The summed E-state index contributed by atoms with van der Waals surface area (Å²) in [7, 11) is 1.96. The van der Waals surface area contributed by atoms with Crippen LogP contribution < -0.4 is 5.32 Å². The second kappa shape index (κ2) is 5.72. The van der Waals surface area contributed by atoms with Crippen molar-refractivity contribution in [1.82, 2.24) is 5.32 Å². The maximum Gasteiger partial charge on any atom is 0.125 e. The largest absolute Gasteiger partial charge is 0.464 e. The Kier molecular flexibility index (Phi) is 4.25. The molecule has 0 spiro atoms. The topological polar surface area (TPSA) is 25.2 Å². The minimum atomic E-state index is 0.0998. The van der Waals surface area contributed by atoms with Crippen LogP contribution in [0.3, 0.4) is 0 Å². The summed E-state index contributed by atoms with van der Waals surface area (Å²) in [6, 6.07) is 10.5. The smallest absolute Gasteiger partial charge is 0.125 e. The quantitative estimate of drug-likeness (QED) is 0.915. The van der Waals surface area contributed by atoms with E-state index in [9.17, 15) is 0 Å². The van der Waals surface area contributed by atoms with Crippen LogP contribution in [0.1, 0.15) is 35.6 Å². The van der Waals surface area contributed by atoms with Crippen LogP contribution in [0.2, 0.25) is 0 Å². The molecule has 1 atom stereocenters. The van der Waals surface area contributed by atoms with E-state index < -0.39 is 0 Å². The van der Waals surface area contributed by atoms with Crippen molar-refractivity contribution in [2.75, 3.05) is 7.05 Å². The summed E-state index contributed by atoms with van der Waals surface area (Å²) in [5, 5.41) is 3.33. The molecule has 0 aliphatic rings. The van der Waals surface area contributed by atoms with Gasteiger partial charge >= 0.3 is 0 Å². The number of hydrogen-bond acceptors (Lipinski definition) is 2. The molecule has 0 bridgehead atoms. The maximum absolute atomic E-state index is 5.86. The van der Waals surface area contributed by atoms with Crippen LogP contribution in [0.4, 0.5) is 0 Å². The highest BCUT2D eigenvalue weighted by atomic mass is 79.9. The summed E-state index contributed by atoms with van der Waals surface area (Å²) in [5.41, 5.74) is 2.50. The number of benzene rings is 1. The van der Waals surface area contributed by atoms with Crippen LogP contribution >= 0.6 is 15.9 Å². The van der Waals surface area contributed by atoms with Gasteiger partial charge < -0.3 is 9.73 Å². The molecule has 1 aromatic carbocycles. The predicted octanol–water partition coefficient (Wildman–Crippen LogP) is 4.22. The van der Waals surface area contributed by atoms with Crippen molar-refractivity contribution in [2.45, 2.75) is 26.3 Å². The molecule has 18 heavy (non-hydrogen) atoms. The fraction of sp³-hybridized carbons (Fsp3) is 0.333. The zero-order valence-corrected chi connectivity index (χ0v) is 12.5. The Morgan fingerprint density at radius 3 is 2.67 bits per heavy atom. The second-order valence-electron chi connectivity index (χ2n) is 4.38. The third kappa shape index (κ3) is 2.68. The predicted molar refractivity (Wildman–Crippen MR) is 77.9 cm³/mol. The molecule has 2 nitrogen and oxygen atoms in total. The Labute approximate surface area is 117 Å². The normalized spacial score (nSPS) is 12.7. The highest BCUT2D eigenvalue weighted by molar-refractivity contribution is 9.10. The molecule has 0 aliphatic heterocycles. The Bertz CT molecular complexity index is 533. The molecule has 2 rings (SSSR count). The van der Waals surface area contributed by atoms with Crippen molar-refractivity contribution in [3.05, 3.63) is 57.5 Å². The van der Waals surface area contributed by atoms with E-state index in [0.29, 0.717) is 0 Å². The minimum absolute atomic E-state index is 0.0998. The van der Waals surface area contributed by atoms with Crippen molar-refractivity contribution in [3.63, 3.8) is 0 Å². The first-order chi connectivity index (χ1) is 8.65. The lowest BCUT2D eigenvalue weighted by Crippen LogP contribution is -2.18. The van der Waals surface area contributed by atoms with Crippen LogP contribution in [0.5, 0.6) is 0 Å². The van der Waals surface area contributed by atoms with Gasteiger partial charge in [-0.2, -0.15) is 0 Å². The van der Waals surface area contributed by atoms with Gasteiger partial charge in [-0.15, -0.1) is 0 Å². The van der Waals surface area contributed by atoms with Crippen LogP contribution in [0, 0.1) is 6.92 Å². The number of aryl methyl sites for hydroxylation is 2. The van der Waals surface area contributed by atoms with Crippen molar-refractivity contribution in [2.24, 2.45) is 0 Å². The number of hydrogen-bond donors (Lipinski definition) is 1. The molecule has 1 unspecified atom stereocenters. The summed E-state index contributed by atoms with van der Waals surface area (Å²) in [4.78, 5) is 0. The van der Waals surface area contributed by atoms with Gasteiger partial charge in [0.1, 0.15) is 11.5 Å². The molecular formula is C15H18BrNO. The third-order valence-corrected chi connectivity index (χ3v) is 3.65. The van der Waals surface area contributed by atoms with Gasteiger partial charge in [0.2, 0.25) is 0 Å². The SMILES string of the molecule is CCc1ccc(C(NC)c2cc(Br)ccc2C)o1. The molecule has 96 valence electrons. The van der Waals surface area contributed by atoms with E-state index in [0.717, 1.165) is 22.4 Å². The molecule has 2 aromatic rings. The third-order valence-electron chi connectivity index (χ3n) is 3.16. The van der Waals surface area contributed by atoms with E-state index >= 15 is 0 Å². The molecule has 1 aromatic heterocycles. The Hall–Kier alpha value is -1.06. The summed E-state index contributed by atoms with van der Waals surface area (Å²) < 4.78 is 6.95. The summed E-state index contributed by atoms with van der Waals surface area (Å²) in [5.74, 6) is 1.99. The molecule has 0 fully saturated rings. The lowest BCUT2D eigenvalue weighted by atomic mass is 10.00. The molecular weight excluding hydrogens is 290 g/mol. The van der Waals surface area contributed by atoms with Crippen LogP contribution in [0.25, 0.3) is 0 Å². The van der Waals surface area contributed by atoms with E-state index in [-0.39, 0.29) is 6.04 Å². The van der Waals surface area contributed by atoms with E-state index in [4.69, 9.17) is 4.42 Å². The Morgan fingerprint density at radius 1 is 1.28 bits per heavy atom. The minimum Gasteiger partial charge on any atom is -0.464 e. The van der Waals surface area contributed by atoms with Gasteiger partial charge in [-0.1, -0.05) is 28.9 Å². The number of rotatable bonds is 4. The van der Waals surface area contributed by atoms with E-state index in [1.807, 2.05) is 13.1 Å². The van der Waals surface area contributed by atoms with Gasteiger partial charge in [-0.3, -0.25) is 0 Å². The first-order valence-corrected chi connectivity index (χ1v) is 6.97. The van der Waals surface area contributed by atoms with Crippen molar-refractivity contribution in [3.8, 4) is 0 Å². The summed E-state index contributed by atoms with van der Waals surface area (Å²) in [6.45, 7) is 4.22. The molecule has 0 radical (unpaired) electrons. The van der Waals surface area contributed by atoms with Crippen molar-refractivity contribution >= 4 is 15.9 Å². The van der Waals surface area contributed by atoms with E-state index in [1.165, 1.54) is 11.1 Å². The molecule has 0 aliphatic carbocycles. The lowest BCUT2D eigenvalue weighted by molar-refractivity contribution is 0.433. The molecule has 1 heterocycles. The van der Waals surface area contributed by atoms with Crippen LogP contribution in [0.15, 0.2) is 39.2 Å². The molecule has 0 saturated carbocycles. The van der Waals surface area contributed by atoms with Crippen molar-refractivity contribution < 1.29 is 4.42 Å². The van der Waals surface area contributed by atoms with Gasteiger partial charge in [0.25, 0.3) is 0 Å². The number of furan rings is 1. The highest BCUT2D eigenvalue weighted by Gasteiger charge is 2.18. The lowest BCUT2D eigenvalue weighted by Gasteiger charge is -2.17. The van der Waals surface area contributed by atoms with Crippen LogP contribution in [-0.4, -0.2) is 7.05 Å². The number of halogens is 1. The standard InChI is InChI=1S/C15H18BrNO/c1-4-12-7-8-14(18-12)15(17-3)13-9-11(16)6-5-10(13)2/h5-9,15,17H,4H2,1-3H3. The first-order valence-electron chi connectivity index (χ1n) is 6.17. The molecule has 3 heteroatoms. The Morgan fingerprint density at radius 2 is 2.06 bits per heavy atom. The average molecular weight is 308 g/mol. The second-order valence-corrected chi connectivity index (χ2v) is 5.30. The summed E-state index contributed by atoms with van der Waals surface area (Å²) in [6.07, 6.45) is 0.925. The Balaban J connectivity index is 2.41. The van der Waals surface area contributed by atoms with Gasteiger partial charge in [0.05, 0.1) is 6.04 Å². The number of nitrogens with one attached hydrogen (secondary N) is 1. The maximum atomic E-state index is 5.86. The van der Waals surface area contributed by atoms with Crippen LogP contribution in [-0.2, 0) is 6.42 Å². The van der Waals surface area contributed by atoms with Gasteiger partial charge in [0, 0.05) is 10.9 Å². The fourth-order valence-electron chi connectivity index (χ4n) is 2.11. The van der Waals surface area contributed by atoms with E-state index in [2.05, 4.69) is 59.4 Å². The van der Waals surface area contributed by atoms with Gasteiger partial charge in [-0.25, -0.2) is 0 Å². The van der Waals surface area contributed by atoms with Gasteiger partial charge in [-0.05, 0) is 49.4 Å². The molecule has 0 amide bonds. The average Bonchev–Trinajstić information content (AvgIpc) is 2.83. The first kappa shape index (κ1) is 13.4. The monoisotopic (exact) mass is 307 g/mol. The molecule has 0 saturated heterocycles. The fourth-order valence-corrected chi connectivity index (χ4v) is 2.49. The summed E-state index contributed by atoms with van der Waals surface area (Å²) >= 11 is 3.53.